The van der Waals surface area contributed by atoms with E-state index in [1.165, 1.54) is 11.1 Å². The minimum absolute atomic E-state index is 0.0618. The molecule has 1 amide bonds. The van der Waals surface area contributed by atoms with Gasteiger partial charge in [-0.2, -0.15) is 0 Å². The first-order valence-electron chi connectivity index (χ1n) is 9.01. The maximum Gasteiger partial charge on any atom is 0.237 e. The van der Waals surface area contributed by atoms with Crippen LogP contribution in [0.5, 0.6) is 0 Å². The molecule has 0 bridgehead atoms. The maximum atomic E-state index is 12.5. The number of hydrogen-bond donors (Lipinski definition) is 3. The molecule has 0 saturated heterocycles. The fourth-order valence-electron chi connectivity index (χ4n) is 3.58. The predicted octanol–water partition coefficient (Wildman–Crippen LogP) is -0.203. The summed E-state index contributed by atoms with van der Waals surface area (Å²) in [5, 5.41) is 18.3. The summed E-state index contributed by atoms with van der Waals surface area (Å²) >= 11 is 0. The molecule has 0 aliphatic carbocycles. The molecule has 1 aromatic carbocycles. The van der Waals surface area contributed by atoms with Gasteiger partial charge in [-0.3, -0.25) is 4.79 Å². The van der Waals surface area contributed by atoms with Gasteiger partial charge in [-0.05, 0) is 17.5 Å². The summed E-state index contributed by atoms with van der Waals surface area (Å²) in [6.07, 6.45) is 2.36. The van der Waals surface area contributed by atoms with Crippen LogP contribution in [-0.4, -0.2) is 46.3 Å². The number of amides is 1. The van der Waals surface area contributed by atoms with Crippen molar-refractivity contribution >= 4 is 5.91 Å². The van der Waals surface area contributed by atoms with Crippen LogP contribution in [0.1, 0.15) is 22.8 Å². The number of fused-ring (bicyclic) bond motifs is 2. The van der Waals surface area contributed by atoms with Crippen LogP contribution in [0.4, 0.5) is 0 Å². The summed E-state index contributed by atoms with van der Waals surface area (Å²) in [6, 6.07) is 8.14. The molecule has 0 unspecified atom stereocenters. The molecular formula is C18H24N6O. The Morgan fingerprint density at radius 2 is 2.12 bits per heavy atom. The molecule has 2 aliphatic rings. The number of benzene rings is 1. The molecule has 4 rings (SSSR count). The number of nitrogens with one attached hydrogen (secondary N) is 3. The lowest BCUT2D eigenvalue weighted by Gasteiger charge is -2.25. The average Bonchev–Trinajstić information content (AvgIpc) is 2.88. The van der Waals surface area contributed by atoms with Crippen LogP contribution in [0.15, 0.2) is 24.3 Å². The van der Waals surface area contributed by atoms with Gasteiger partial charge in [0.05, 0.1) is 6.04 Å². The molecule has 3 N–H and O–H groups in total. The molecule has 1 atom stereocenters. The van der Waals surface area contributed by atoms with Crippen LogP contribution in [0.25, 0.3) is 0 Å². The lowest BCUT2D eigenvalue weighted by Crippen LogP contribution is -2.48. The van der Waals surface area contributed by atoms with Gasteiger partial charge in [0.1, 0.15) is 11.6 Å². The van der Waals surface area contributed by atoms with Gasteiger partial charge >= 0.3 is 0 Å². The Hall–Kier alpha value is -2.25. The van der Waals surface area contributed by atoms with Gasteiger partial charge in [-0.15, -0.1) is 10.2 Å². The molecule has 0 fully saturated rings. The molecule has 132 valence electrons. The second-order valence-electron chi connectivity index (χ2n) is 6.63. The van der Waals surface area contributed by atoms with Crippen molar-refractivity contribution in [2.75, 3.05) is 19.6 Å². The van der Waals surface area contributed by atoms with Crippen LogP contribution < -0.4 is 16.0 Å². The van der Waals surface area contributed by atoms with Crippen LogP contribution in [0.3, 0.4) is 0 Å². The van der Waals surface area contributed by atoms with Gasteiger partial charge in [0.25, 0.3) is 0 Å². The summed E-state index contributed by atoms with van der Waals surface area (Å²) in [5.41, 5.74) is 2.54. The van der Waals surface area contributed by atoms with Crippen LogP contribution in [0, 0.1) is 0 Å². The lowest BCUT2D eigenvalue weighted by molar-refractivity contribution is -0.123. The molecule has 0 radical (unpaired) electrons. The Bertz CT molecular complexity index is 756. The fourth-order valence-corrected chi connectivity index (χ4v) is 3.58. The standard InChI is InChI=1S/C18H24N6O/c25-18(15-11-13-3-1-2-4-14(13)12-21-15)20-8-6-17-23-22-16-5-7-19-9-10-24(16)17/h1-4,15,19,21H,5-12H2,(H,20,25)/t15-/m1/s1. The largest absolute Gasteiger partial charge is 0.354 e. The van der Waals surface area contributed by atoms with Crippen molar-refractivity contribution in [3.8, 4) is 0 Å². The van der Waals surface area contributed by atoms with Gasteiger partial charge in [0.15, 0.2) is 0 Å². The number of rotatable bonds is 4. The summed E-state index contributed by atoms with van der Waals surface area (Å²) in [6.45, 7) is 4.12. The highest BCUT2D eigenvalue weighted by atomic mass is 16.2. The van der Waals surface area contributed by atoms with Crippen LogP contribution in [0.2, 0.25) is 0 Å². The van der Waals surface area contributed by atoms with Crippen LogP contribution >= 0.6 is 0 Å². The van der Waals surface area contributed by atoms with Crippen molar-refractivity contribution in [3.05, 3.63) is 47.0 Å². The van der Waals surface area contributed by atoms with E-state index >= 15 is 0 Å². The first kappa shape index (κ1) is 16.2. The molecule has 2 aliphatic heterocycles. The number of carbonyl (C=O) groups excluding carboxylic acids is 1. The summed E-state index contributed by atoms with van der Waals surface area (Å²) in [5.74, 6) is 2.06. The molecule has 7 nitrogen and oxygen atoms in total. The normalized spacial score (nSPS) is 19.6. The molecule has 0 spiro atoms. The van der Waals surface area contributed by atoms with E-state index in [9.17, 15) is 4.79 Å². The van der Waals surface area contributed by atoms with Gasteiger partial charge in [0, 0.05) is 45.6 Å². The third kappa shape index (κ3) is 3.57. The second-order valence-corrected chi connectivity index (χ2v) is 6.63. The monoisotopic (exact) mass is 340 g/mol. The third-order valence-electron chi connectivity index (χ3n) is 4.99. The zero-order valence-electron chi connectivity index (χ0n) is 14.3. The van der Waals surface area contributed by atoms with E-state index < -0.39 is 0 Å². The number of carbonyl (C=O) groups is 1. The summed E-state index contributed by atoms with van der Waals surface area (Å²) < 4.78 is 2.18. The van der Waals surface area contributed by atoms with E-state index in [0.29, 0.717) is 13.0 Å². The van der Waals surface area contributed by atoms with E-state index in [1.807, 2.05) is 12.1 Å². The molecule has 7 heteroatoms. The topological polar surface area (TPSA) is 83.9 Å². The lowest BCUT2D eigenvalue weighted by atomic mass is 9.95. The second kappa shape index (κ2) is 7.33. The van der Waals surface area contributed by atoms with Crippen molar-refractivity contribution in [2.24, 2.45) is 0 Å². The van der Waals surface area contributed by atoms with Gasteiger partial charge in [-0.25, -0.2) is 0 Å². The Kier molecular flexibility index (Phi) is 4.76. The fraction of sp³-hybridized carbons (Fsp3) is 0.500. The first-order chi connectivity index (χ1) is 12.3. The third-order valence-corrected chi connectivity index (χ3v) is 4.99. The smallest absolute Gasteiger partial charge is 0.237 e. The van der Waals surface area contributed by atoms with Crippen molar-refractivity contribution in [3.63, 3.8) is 0 Å². The van der Waals surface area contributed by atoms with Crippen molar-refractivity contribution in [1.29, 1.82) is 0 Å². The Balaban J connectivity index is 1.31. The maximum absolute atomic E-state index is 12.5. The number of hydrogen-bond acceptors (Lipinski definition) is 5. The van der Waals surface area contributed by atoms with Gasteiger partial charge in [0.2, 0.25) is 5.91 Å². The molecular weight excluding hydrogens is 316 g/mol. The average molecular weight is 340 g/mol. The van der Waals surface area contributed by atoms with Crippen molar-refractivity contribution in [1.82, 2.24) is 30.7 Å². The summed E-state index contributed by atoms with van der Waals surface area (Å²) in [7, 11) is 0. The molecule has 1 aromatic heterocycles. The minimum atomic E-state index is -0.158. The van der Waals surface area contributed by atoms with Crippen molar-refractivity contribution in [2.45, 2.75) is 38.4 Å². The molecule has 2 aromatic rings. The van der Waals surface area contributed by atoms with Crippen molar-refractivity contribution < 1.29 is 4.79 Å². The van der Waals surface area contributed by atoms with E-state index in [-0.39, 0.29) is 11.9 Å². The van der Waals surface area contributed by atoms with E-state index in [0.717, 1.165) is 50.7 Å². The highest BCUT2D eigenvalue weighted by Gasteiger charge is 2.23. The highest BCUT2D eigenvalue weighted by molar-refractivity contribution is 5.82. The number of aromatic nitrogens is 3. The van der Waals surface area contributed by atoms with Gasteiger partial charge in [-0.1, -0.05) is 24.3 Å². The Morgan fingerprint density at radius 3 is 3.04 bits per heavy atom. The molecule has 0 saturated carbocycles. The predicted molar refractivity (Wildman–Crippen MR) is 94.1 cm³/mol. The minimum Gasteiger partial charge on any atom is -0.354 e. The zero-order valence-corrected chi connectivity index (χ0v) is 14.3. The van der Waals surface area contributed by atoms with E-state index in [1.54, 1.807) is 0 Å². The van der Waals surface area contributed by atoms with Crippen LogP contribution in [-0.2, 0) is 37.1 Å². The van der Waals surface area contributed by atoms with Gasteiger partial charge < -0.3 is 20.5 Å². The summed E-state index contributed by atoms with van der Waals surface area (Å²) in [4.78, 5) is 12.5. The SMILES string of the molecule is O=C(NCCc1nnc2n1CCNCC2)[C@H]1Cc2ccccc2CN1. The highest BCUT2D eigenvalue weighted by Crippen LogP contribution is 2.16. The first-order valence-corrected chi connectivity index (χ1v) is 9.01. The quantitative estimate of drug-likeness (QED) is 0.718. The zero-order chi connectivity index (χ0) is 17.1. The molecule has 3 heterocycles. The Morgan fingerprint density at radius 1 is 1.24 bits per heavy atom. The van der Waals surface area contributed by atoms with E-state index in [2.05, 4.69) is 42.8 Å². The van der Waals surface area contributed by atoms with E-state index in [4.69, 9.17) is 0 Å². The number of nitrogens with zero attached hydrogens (tertiary/aromatic N) is 3. The molecule has 25 heavy (non-hydrogen) atoms. The Labute approximate surface area is 147 Å².